The summed E-state index contributed by atoms with van der Waals surface area (Å²) in [6.45, 7) is 1.97. The molecule has 2 N–H and O–H groups in total. The van der Waals surface area contributed by atoms with Crippen molar-refractivity contribution in [3.63, 3.8) is 0 Å². The Morgan fingerprint density at radius 3 is 2.89 bits per heavy atom. The van der Waals surface area contributed by atoms with Crippen molar-refractivity contribution in [2.24, 2.45) is 0 Å². The third-order valence-corrected chi connectivity index (χ3v) is 3.12. The summed E-state index contributed by atoms with van der Waals surface area (Å²) in [5, 5.41) is 12.7. The molecule has 0 aliphatic carbocycles. The van der Waals surface area contributed by atoms with E-state index in [0.717, 1.165) is 5.56 Å². The lowest BCUT2D eigenvalue weighted by molar-refractivity contribution is -0.684. The van der Waals surface area contributed by atoms with E-state index < -0.39 is 0 Å². The molecule has 1 heterocycles. The lowest BCUT2D eigenvalue weighted by Gasteiger charge is -2.07. The summed E-state index contributed by atoms with van der Waals surface area (Å²) >= 11 is 5.99. The summed E-state index contributed by atoms with van der Waals surface area (Å²) < 4.78 is 1.60. The molecule has 0 aliphatic rings. The standard InChI is InChI=1S/C14H13ClN2O2/c1-10-12(15)5-2-6-13(10)16-14(19)9-17-7-3-4-11(18)8-17/h2-8H,9H2,1H3,(H-,16,18,19)/p+1. The first-order valence-corrected chi connectivity index (χ1v) is 6.17. The van der Waals surface area contributed by atoms with E-state index in [-0.39, 0.29) is 18.2 Å². The first kappa shape index (κ1) is 13.4. The molecule has 0 spiro atoms. The minimum Gasteiger partial charge on any atom is -0.503 e. The molecule has 0 atom stereocenters. The third-order valence-electron chi connectivity index (χ3n) is 2.71. The number of anilines is 1. The Morgan fingerprint density at radius 1 is 1.37 bits per heavy atom. The van der Waals surface area contributed by atoms with Crippen LogP contribution in [0.4, 0.5) is 5.69 Å². The number of halogens is 1. The quantitative estimate of drug-likeness (QED) is 0.846. The van der Waals surface area contributed by atoms with Crippen LogP contribution in [0.15, 0.2) is 42.7 Å². The van der Waals surface area contributed by atoms with Crippen LogP contribution in [0, 0.1) is 6.92 Å². The third kappa shape index (κ3) is 3.45. The van der Waals surface area contributed by atoms with Gasteiger partial charge in [0, 0.05) is 16.8 Å². The summed E-state index contributed by atoms with van der Waals surface area (Å²) in [7, 11) is 0. The van der Waals surface area contributed by atoms with Gasteiger partial charge in [-0.2, -0.15) is 4.57 Å². The maximum atomic E-state index is 11.9. The van der Waals surface area contributed by atoms with E-state index >= 15 is 0 Å². The average molecular weight is 278 g/mol. The topological polar surface area (TPSA) is 53.2 Å². The highest BCUT2D eigenvalue weighted by molar-refractivity contribution is 6.31. The molecule has 98 valence electrons. The highest BCUT2D eigenvalue weighted by Gasteiger charge is 2.12. The van der Waals surface area contributed by atoms with Crippen LogP contribution in [0.1, 0.15) is 5.56 Å². The van der Waals surface area contributed by atoms with Crippen molar-refractivity contribution in [2.75, 3.05) is 5.32 Å². The number of rotatable bonds is 3. The van der Waals surface area contributed by atoms with Crippen molar-refractivity contribution >= 4 is 23.2 Å². The lowest BCUT2D eigenvalue weighted by atomic mass is 10.2. The predicted molar refractivity (Wildman–Crippen MR) is 73.1 cm³/mol. The molecule has 2 rings (SSSR count). The Kier molecular flexibility index (Phi) is 4.02. The number of aromatic nitrogens is 1. The van der Waals surface area contributed by atoms with Gasteiger partial charge in [0.25, 0.3) is 5.91 Å². The molecule has 0 saturated carbocycles. The van der Waals surface area contributed by atoms with Gasteiger partial charge in [-0.15, -0.1) is 0 Å². The molecule has 0 bridgehead atoms. The number of carbonyl (C=O) groups is 1. The van der Waals surface area contributed by atoms with Crippen LogP contribution in [-0.4, -0.2) is 11.0 Å². The SMILES string of the molecule is Cc1c(Cl)cccc1NC(=O)C[n+]1cccc(O)c1. The highest BCUT2D eigenvalue weighted by Crippen LogP contribution is 2.22. The Bertz CT molecular complexity index is 614. The number of pyridine rings is 1. The van der Waals surface area contributed by atoms with Gasteiger partial charge < -0.3 is 10.4 Å². The van der Waals surface area contributed by atoms with Gasteiger partial charge in [-0.1, -0.05) is 17.7 Å². The largest absolute Gasteiger partial charge is 0.503 e. The van der Waals surface area contributed by atoms with Crippen molar-refractivity contribution in [3.05, 3.63) is 53.3 Å². The fraction of sp³-hybridized carbons (Fsp3) is 0.143. The summed E-state index contributed by atoms with van der Waals surface area (Å²) in [6, 6.07) is 8.58. The number of amides is 1. The molecule has 1 amide bonds. The summed E-state index contributed by atoms with van der Waals surface area (Å²) in [5.74, 6) is -0.0600. The van der Waals surface area contributed by atoms with Crippen LogP contribution < -0.4 is 9.88 Å². The molecule has 4 nitrogen and oxygen atoms in total. The van der Waals surface area contributed by atoms with Crippen LogP contribution in [0.2, 0.25) is 5.02 Å². The summed E-state index contributed by atoms with van der Waals surface area (Å²) in [6.07, 6.45) is 3.20. The van der Waals surface area contributed by atoms with Gasteiger partial charge in [-0.05, 0) is 30.7 Å². The highest BCUT2D eigenvalue weighted by atomic mass is 35.5. The van der Waals surface area contributed by atoms with E-state index in [1.165, 1.54) is 6.20 Å². The van der Waals surface area contributed by atoms with Gasteiger partial charge >= 0.3 is 0 Å². The smallest absolute Gasteiger partial charge is 0.290 e. The average Bonchev–Trinajstić information content (AvgIpc) is 2.35. The molecule has 0 saturated heterocycles. The molecule has 5 heteroatoms. The van der Waals surface area contributed by atoms with Crippen LogP contribution in [0.3, 0.4) is 0 Å². The second-order valence-electron chi connectivity index (χ2n) is 4.20. The monoisotopic (exact) mass is 277 g/mol. The number of benzene rings is 1. The Morgan fingerprint density at radius 2 is 2.16 bits per heavy atom. The molecule has 1 aromatic carbocycles. The molecule has 1 aromatic heterocycles. The number of nitrogens with zero attached hydrogens (tertiary/aromatic N) is 1. The van der Waals surface area contributed by atoms with E-state index in [1.807, 2.05) is 6.92 Å². The lowest BCUT2D eigenvalue weighted by Crippen LogP contribution is -2.39. The number of hydrogen-bond donors (Lipinski definition) is 2. The van der Waals surface area contributed by atoms with E-state index in [0.29, 0.717) is 10.7 Å². The number of aromatic hydroxyl groups is 1. The maximum absolute atomic E-state index is 11.9. The van der Waals surface area contributed by atoms with Gasteiger partial charge in [0.1, 0.15) is 0 Å². The first-order valence-electron chi connectivity index (χ1n) is 5.79. The molecule has 0 fully saturated rings. The van der Waals surface area contributed by atoms with Gasteiger partial charge in [0.15, 0.2) is 11.9 Å². The van der Waals surface area contributed by atoms with Crippen LogP contribution >= 0.6 is 11.6 Å². The minimum absolute atomic E-state index is 0.120. The number of nitrogens with one attached hydrogen (secondary N) is 1. The molecule has 0 aliphatic heterocycles. The molecule has 19 heavy (non-hydrogen) atoms. The zero-order chi connectivity index (χ0) is 13.8. The fourth-order valence-corrected chi connectivity index (χ4v) is 1.88. The second-order valence-corrected chi connectivity index (χ2v) is 4.60. The second kappa shape index (κ2) is 5.71. The van der Waals surface area contributed by atoms with E-state index in [1.54, 1.807) is 41.1 Å². The number of hydrogen-bond acceptors (Lipinski definition) is 2. The van der Waals surface area contributed by atoms with Gasteiger partial charge in [-0.25, -0.2) is 0 Å². The van der Waals surface area contributed by atoms with Crippen molar-refractivity contribution in [2.45, 2.75) is 13.5 Å². The van der Waals surface area contributed by atoms with Gasteiger partial charge in [0.2, 0.25) is 12.7 Å². The maximum Gasteiger partial charge on any atom is 0.290 e. The summed E-state index contributed by atoms with van der Waals surface area (Å²) in [4.78, 5) is 11.9. The molecule has 0 unspecified atom stereocenters. The van der Waals surface area contributed by atoms with Gasteiger partial charge in [-0.3, -0.25) is 4.79 Å². The molecule has 0 radical (unpaired) electrons. The van der Waals surface area contributed by atoms with Crippen molar-refractivity contribution in [1.82, 2.24) is 0 Å². The van der Waals surface area contributed by atoms with E-state index in [2.05, 4.69) is 5.32 Å². The predicted octanol–water partition coefficient (Wildman–Crippen LogP) is 2.28. The normalized spacial score (nSPS) is 10.2. The van der Waals surface area contributed by atoms with Crippen LogP contribution in [0.5, 0.6) is 5.75 Å². The molecule has 2 aromatic rings. The van der Waals surface area contributed by atoms with Crippen molar-refractivity contribution in [1.29, 1.82) is 0 Å². The fourth-order valence-electron chi connectivity index (χ4n) is 1.70. The van der Waals surface area contributed by atoms with E-state index in [9.17, 15) is 9.90 Å². The Balaban J connectivity index is 2.08. The Hall–Kier alpha value is -2.07. The van der Waals surface area contributed by atoms with Crippen molar-refractivity contribution in [3.8, 4) is 5.75 Å². The molecular weight excluding hydrogens is 264 g/mol. The molecular formula is C14H14ClN2O2+. The van der Waals surface area contributed by atoms with Crippen LogP contribution in [0.25, 0.3) is 0 Å². The zero-order valence-electron chi connectivity index (χ0n) is 10.4. The zero-order valence-corrected chi connectivity index (χ0v) is 11.2. The number of carbonyl (C=O) groups excluding carboxylic acids is 1. The van der Waals surface area contributed by atoms with Gasteiger partial charge in [0.05, 0.1) is 0 Å². The first-order chi connectivity index (χ1) is 9.06. The Labute approximate surface area is 116 Å². The minimum atomic E-state index is -0.180. The van der Waals surface area contributed by atoms with Crippen molar-refractivity contribution < 1.29 is 14.5 Å². The van der Waals surface area contributed by atoms with E-state index in [4.69, 9.17) is 11.6 Å². The summed E-state index contributed by atoms with van der Waals surface area (Å²) in [5.41, 5.74) is 1.52. The van der Waals surface area contributed by atoms with Crippen LogP contribution in [-0.2, 0) is 11.3 Å².